The second-order valence-electron chi connectivity index (χ2n) is 6.25. The smallest absolute Gasteiger partial charge is 0.416 e. The highest BCUT2D eigenvalue weighted by Gasteiger charge is 2.31. The van der Waals surface area contributed by atoms with Crippen LogP contribution in [0.2, 0.25) is 0 Å². The molecule has 3 aromatic carbocycles. The van der Waals surface area contributed by atoms with Gasteiger partial charge in [0, 0.05) is 6.07 Å². The normalized spacial score (nSPS) is 11.9. The fraction of sp³-hybridized carbons (Fsp3) is 0.100. The Kier molecular flexibility index (Phi) is 6.16. The van der Waals surface area contributed by atoms with Gasteiger partial charge in [0.25, 0.3) is 10.0 Å². The highest BCUT2D eigenvalue weighted by atomic mass is 32.2. The molecule has 3 rings (SSSR count). The van der Waals surface area contributed by atoms with Gasteiger partial charge in [-0.2, -0.15) is 13.2 Å². The van der Waals surface area contributed by atoms with Gasteiger partial charge >= 0.3 is 6.18 Å². The average molecular weight is 461 g/mol. The molecule has 164 valence electrons. The number of ether oxygens (including phenoxy) is 1. The third kappa shape index (κ3) is 5.29. The van der Waals surface area contributed by atoms with Crippen molar-refractivity contribution in [2.45, 2.75) is 11.1 Å². The average Bonchev–Trinajstić information content (AvgIpc) is 2.69. The molecule has 0 saturated heterocycles. The topological polar surface area (TPSA) is 55.4 Å². The number of halogens is 6. The first-order valence-electron chi connectivity index (χ1n) is 8.49. The Morgan fingerprint density at radius 2 is 1.65 bits per heavy atom. The molecule has 0 saturated carbocycles. The van der Waals surface area contributed by atoms with Crippen LogP contribution >= 0.6 is 0 Å². The molecule has 0 aliphatic carbocycles. The minimum atomic E-state index is -4.77. The van der Waals surface area contributed by atoms with Crippen molar-refractivity contribution in [2.75, 3.05) is 11.6 Å². The van der Waals surface area contributed by atoms with Gasteiger partial charge in [0.05, 0.1) is 16.1 Å². The first-order chi connectivity index (χ1) is 14.5. The molecule has 0 atom stereocenters. The first-order valence-corrected chi connectivity index (χ1v) is 9.97. The summed E-state index contributed by atoms with van der Waals surface area (Å²) in [6, 6.07) is 9.27. The van der Waals surface area contributed by atoms with Gasteiger partial charge in [-0.25, -0.2) is 21.6 Å². The molecule has 31 heavy (non-hydrogen) atoms. The number of sulfonamides is 1. The quantitative estimate of drug-likeness (QED) is 0.475. The van der Waals surface area contributed by atoms with Crippen molar-refractivity contribution in [3.8, 4) is 16.9 Å². The molecule has 0 aromatic heterocycles. The molecule has 0 heterocycles. The molecule has 0 bridgehead atoms. The lowest BCUT2D eigenvalue weighted by Crippen LogP contribution is -2.15. The summed E-state index contributed by atoms with van der Waals surface area (Å²) >= 11 is 0. The summed E-state index contributed by atoms with van der Waals surface area (Å²) in [5.41, 5.74) is -1.49. The van der Waals surface area contributed by atoms with Gasteiger partial charge < -0.3 is 4.74 Å². The van der Waals surface area contributed by atoms with Gasteiger partial charge in [-0.1, -0.05) is 12.1 Å². The Labute approximate surface area is 173 Å². The summed E-state index contributed by atoms with van der Waals surface area (Å²) in [4.78, 5) is -0.725. The van der Waals surface area contributed by atoms with Gasteiger partial charge in [0.1, 0.15) is 17.4 Å². The maximum Gasteiger partial charge on any atom is 0.416 e. The highest BCUT2D eigenvalue weighted by Crippen LogP contribution is 2.32. The van der Waals surface area contributed by atoms with E-state index in [1.54, 1.807) is 0 Å². The molecular weight excluding hydrogens is 448 g/mol. The molecule has 11 heteroatoms. The van der Waals surface area contributed by atoms with Crippen molar-refractivity contribution in [3.63, 3.8) is 0 Å². The van der Waals surface area contributed by atoms with Crippen LogP contribution in [0.25, 0.3) is 11.1 Å². The maximum atomic E-state index is 14.2. The second kappa shape index (κ2) is 8.50. The fourth-order valence-corrected chi connectivity index (χ4v) is 3.81. The van der Waals surface area contributed by atoms with Crippen LogP contribution < -0.4 is 9.46 Å². The van der Waals surface area contributed by atoms with Crippen molar-refractivity contribution in [1.29, 1.82) is 0 Å². The third-order valence-electron chi connectivity index (χ3n) is 4.11. The summed E-state index contributed by atoms with van der Waals surface area (Å²) in [7, 11) is -4.58. The van der Waals surface area contributed by atoms with Gasteiger partial charge in [-0.15, -0.1) is 0 Å². The minimum absolute atomic E-state index is 0.128. The van der Waals surface area contributed by atoms with Crippen molar-refractivity contribution in [1.82, 2.24) is 0 Å². The molecule has 4 nitrogen and oxygen atoms in total. The van der Waals surface area contributed by atoms with Crippen LogP contribution in [0, 0.1) is 11.6 Å². The number of rotatable bonds is 6. The molecule has 0 unspecified atom stereocenters. The second-order valence-corrected chi connectivity index (χ2v) is 7.94. The monoisotopic (exact) mass is 461 g/mol. The van der Waals surface area contributed by atoms with E-state index in [2.05, 4.69) is 4.74 Å². The third-order valence-corrected chi connectivity index (χ3v) is 5.47. The van der Waals surface area contributed by atoms with E-state index in [1.807, 2.05) is 4.72 Å². The summed E-state index contributed by atoms with van der Waals surface area (Å²) in [6.45, 7) is -1.21. The van der Waals surface area contributed by atoms with E-state index >= 15 is 0 Å². The van der Waals surface area contributed by atoms with E-state index in [1.165, 1.54) is 12.1 Å². The predicted octanol–water partition coefficient (Wildman–Crippen LogP) is 5.76. The van der Waals surface area contributed by atoms with E-state index < -0.39 is 50.8 Å². The number of anilines is 1. The molecule has 1 N–H and O–H groups in total. The molecule has 0 fully saturated rings. The number of nitrogens with one attached hydrogen (secondary N) is 1. The lowest BCUT2D eigenvalue weighted by molar-refractivity contribution is -0.137. The van der Waals surface area contributed by atoms with Crippen molar-refractivity contribution < 1.29 is 39.5 Å². The number of hydrogen-bond donors (Lipinski definition) is 1. The fourth-order valence-electron chi connectivity index (χ4n) is 2.70. The number of benzene rings is 3. The summed E-state index contributed by atoms with van der Waals surface area (Å²) in [5.74, 6) is -1.94. The van der Waals surface area contributed by atoms with Crippen LogP contribution in [0.15, 0.2) is 65.6 Å². The standard InChI is InChI=1S/C20H13F6NO3S/c21-11-30-16-7-13(6-15(22)10-16)12-4-5-18(23)19(8-12)27-31(28,29)17-3-1-2-14(9-17)20(24,25)26/h1-10,27H,11H2. The molecule has 3 aromatic rings. The minimum Gasteiger partial charge on any atom is -0.463 e. The summed E-state index contributed by atoms with van der Waals surface area (Å²) in [5, 5.41) is 0. The van der Waals surface area contributed by atoms with Crippen molar-refractivity contribution in [3.05, 3.63) is 77.9 Å². The zero-order chi connectivity index (χ0) is 22.8. The van der Waals surface area contributed by atoms with Gasteiger partial charge in [-0.3, -0.25) is 4.72 Å². The lowest BCUT2D eigenvalue weighted by Gasteiger charge is -2.13. The molecule has 0 spiro atoms. The molecule has 0 aliphatic rings. The van der Waals surface area contributed by atoms with E-state index in [4.69, 9.17) is 0 Å². The van der Waals surface area contributed by atoms with Gasteiger partial charge in [0.15, 0.2) is 0 Å². The summed E-state index contributed by atoms with van der Waals surface area (Å²) < 4.78 is 110. The Bertz CT molecular complexity index is 1210. The zero-order valence-corrected chi connectivity index (χ0v) is 16.2. The maximum absolute atomic E-state index is 14.2. The van der Waals surface area contributed by atoms with Crippen LogP contribution in [0.4, 0.5) is 32.0 Å². The van der Waals surface area contributed by atoms with Gasteiger partial charge in [0.2, 0.25) is 6.86 Å². The van der Waals surface area contributed by atoms with Crippen LogP contribution in [-0.4, -0.2) is 15.3 Å². The first kappa shape index (κ1) is 22.5. The Morgan fingerprint density at radius 3 is 2.32 bits per heavy atom. The van der Waals surface area contributed by atoms with Crippen LogP contribution in [-0.2, 0) is 16.2 Å². The Morgan fingerprint density at radius 1 is 0.903 bits per heavy atom. The van der Waals surface area contributed by atoms with E-state index in [9.17, 15) is 34.8 Å². The molecule has 0 radical (unpaired) electrons. The van der Waals surface area contributed by atoms with Crippen LogP contribution in [0.1, 0.15) is 5.56 Å². The number of hydrogen-bond acceptors (Lipinski definition) is 3. The van der Waals surface area contributed by atoms with Gasteiger partial charge in [-0.05, 0) is 53.6 Å². The number of alkyl halides is 4. The molecule has 0 aliphatic heterocycles. The highest BCUT2D eigenvalue weighted by molar-refractivity contribution is 7.92. The summed E-state index contributed by atoms with van der Waals surface area (Å²) in [6.07, 6.45) is -4.77. The predicted molar refractivity (Wildman–Crippen MR) is 101 cm³/mol. The van der Waals surface area contributed by atoms with Crippen molar-refractivity contribution >= 4 is 15.7 Å². The van der Waals surface area contributed by atoms with Crippen LogP contribution in [0.3, 0.4) is 0 Å². The van der Waals surface area contributed by atoms with Crippen LogP contribution in [0.5, 0.6) is 5.75 Å². The molecular formula is C20H13F6NO3S. The lowest BCUT2D eigenvalue weighted by atomic mass is 10.0. The van der Waals surface area contributed by atoms with E-state index in [0.717, 1.165) is 36.4 Å². The Balaban J connectivity index is 1.98. The Hall–Kier alpha value is -3.21. The zero-order valence-electron chi connectivity index (χ0n) is 15.4. The van der Waals surface area contributed by atoms with E-state index in [-0.39, 0.29) is 16.9 Å². The largest absolute Gasteiger partial charge is 0.463 e. The van der Waals surface area contributed by atoms with E-state index in [0.29, 0.717) is 12.1 Å². The molecule has 0 amide bonds. The van der Waals surface area contributed by atoms with Crippen molar-refractivity contribution in [2.24, 2.45) is 0 Å². The SMILES string of the molecule is O=S(=O)(Nc1cc(-c2cc(F)cc(OCF)c2)ccc1F)c1cccc(C(F)(F)F)c1.